The number of likely N-dealkylation sites (N-methyl/N-ethyl adjacent to an activating group) is 2. The predicted molar refractivity (Wildman–Crippen MR) is 462 cm³/mol. The highest BCUT2D eigenvalue weighted by molar-refractivity contribution is 5.82. The fraction of sp³-hybridized carbons (Fsp3) is 0.430. The van der Waals surface area contributed by atoms with Crippen molar-refractivity contribution in [2.75, 3.05) is 61.9 Å². The monoisotopic (exact) mass is 1610 g/mol. The molecule has 1 aliphatic rings. The van der Waals surface area contributed by atoms with Crippen LogP contribution in [0.15, 0.2) is 173 Å². The molecule has 33 nitrogen and oxygen atoms in total. The van der Waals surface area contributed by atoms with Gasteiger partial charge in [0.25, 0.3) is 0 Å². The number of hydrogen-bond acceptors (Lipinski definition) is 20. The molecule has 33 heteroatoms. The number of hydrogen-bond donors (Lipinski definition) is 1. The molecule has 16 aromatic heterocycles. The summed E-state index contributed by atoms with van der Waals surface area (Å²) in [6.07, 6.45) is 58.2. The van der Waals surface area contributed by atoms with Gasteiger partial charge in [-0.3, -0.25) is 42.2 Å². The average molecular weight is 1610 g/mol. The maximum atomic E-state index is 12.0. The van der Waals surface area contributed by atoms with E-state index in [1.807, 2.05) is 148 Å². The quantitative estimate of drug-likeness (QED) is 0.0399. The minimum atomic E-state index is -0.0188. The van der Waals surface area contributed by atoms with Gasteiger partial charge in [-0.15, -0.1) is 0 Å². The summed E-state index contributed by atoms with van der Waals surface area (Å²) in [5.41, 5.74) is 18.4. The zero-order valence-electron chi connectivity index (χ0n) is 71.1. The summed E-state index contributed by atoms with van der Waals surface area (Å²) in [6.45, 7) is 23.2. The van der Waals surface area contributed by atoms with E-state index < -0.39 is 0 Å². The van der Waals surface area contributed by atoms with E-state index in [4.69, 9.17) is 19.9 Å². The second-order valence-electron chi connectivity index (χ2n) is 31.1. The maximum absolute atomic E-state index is 12.0. The Morgan fingerprint density at radius 3 is 0.950 bits per heavy atom. The van der Waals surface area contributed by atoms with E-state index in [9.17, 15) is 4.79 Å². The van der Waals surface area contributed by atoms with Gasteiger partial charge in [-0.25, -0.2) is 38.0 Å². The summed E-state index contributed by atoms with van der Waals surface area (Å²) in [7, 11) is 11.8. The van der Waals surface area contributed by atoms with Gasteiger partial charge in [0, 0.05) is 134 Å². The largest absolute Gasteiger partial charge is 0.347 e. The van der Waals surface area contributed by atoms with Crippen molar-refractivity contribution in [2.45, 2.75) is 182 Å². The van der Waals surface area contributed by atoms with Crippen LogP contribution in [0.4, 0.5) is 0 Å². The van der Waals surface area contributed by atoms with Crippen LogP contribution in [0, 0.1) is 0 Å². The van der Waals surface area contributed by atoms with Crippen LogP contribution in [0.1, 0.15) is 150 Å². The van der Waals surface area contributed by atoms with Crippen molar-refractivity contribution >= 4 is 28.0 Å². The molecule has 0 aliphatic heterocycles. The summed E-state index contributed by atoms with van der Waals surface area (Å²) in [5.74, 6) is -0.0188. The molecule has 0 saturated heterocycles. The van der Waals surface area contributed by atoms with Crippen molar-refractivity contribution in [3.05, 3.63) is 173 Å². The fourth-order valence-corrected chi connectivity index (χ4v) is 14.6. The van der Waals surface area contributed by atoms with Crippen LogP contribution in [-0.4, -0.2) is 225 Å². The first-order valence-electron chi connectivity index (χ1n) is 41.8. The zero-order chi connectivity index (χ0) is 83.2. The standard InChI is InChI=1S/C22H28N8.C22H30N8.C21H26N8O.C21H28N8/c1-3-19(4-2)29-14-17(12-26-29)22-21-7-8-24-30(21)15-20(27-22)16-11-25-28(13-16)10-9-23-18-5-6-18;1-5-19(6-2)29-15-18(13-25-29)22-21-8-9-23-30(21)16-20(26-22)17-12-24-28(14-17)11-7-10-27(3)4;1-5-17(6-2)28-12-16(10-24-28)21-19-7-8-22-29(19)13-18(25-21)15-9-23-27(11-15)14-20(30)26(3)4;1-5-18(6-2)28-14-17(12-24-28)21-20-7-8-22-29(20)15-19(25-21)16-11-23-27(13-16)10-9-26(3)4/h7-8,11-15,18-19,23H,3-6,9-10H2,1-2H3;8-9,12-16,19H,5-7,10-11H2,1-4H3;7-13,17H,5-6,14H2,1-4H3;7-8,11-15,18H,5-6,9-10H2,1-4H3. The van der Waals surface area contributed by atoms with E-state index in [1.165, 1.54) is 12.8 Å². The van der Waals surface area contributed by atoms with Crippen molar-refractivity contribution in [3.63, 3.8) is 0 Å². The van der Waals surface area contributed by atoms with Crippen LogP contribution < -0.4 is 5.32 Å². The molecule has 119 heavy (non-hydrogen) atoms. The molecule has 16 aromatic rings. The van der Waals surface area contributed by atoms with E-state index in [0.717, 1.165) is 209 Å². The topological polar surface area (TPSA) is 302 Å². The normalized spacial score (nSPS) is 12.4. The third-order valence-corrected chi connectivity index (χ3v) is 22.0. The molecular formula is C86H112N32O. The van der Waals surface area contributed by atoms with Gasteiger partial charge in [0.05, 0.1) is 204 Å². The van der Waals surface area contributed by atoms with Crippen LogP contribution in [0.3, 0.4) is 0 Å². The molecule has 0 radical (unpaired) electrons. The lowest BCUT2D eigenvalue weighted by Gasteiger charge is -2.12. The minimum absolute atomic E-state index is 0.0188. The number of nitrogens with one attached hydrogen (secondary N) is 1. The number of amides is 1. The molecule has 0 spiro atoms. The minimum Gasteiger partial charge on any atom is -0.347 e. The Balaban J connectivity index is 0.000000130. The lowest BCUT2D eigenvalue weighted by atomic mass is 10.1. The van der Waals surface area contributed by atoms with Gasteiger partial charge < -0.3 is 20.0 Å². The van der Waals surface area contributed by atoms with Crippen LogP contribution >= 0.6 is 0 Å². The molecule has 16 heterocycles. The van der Waals surface area contributed by atoms with Gasteiger partial charge in [0.15, 0.2) is 0 Å². The fourth-order valence-electron chi connectivity index (χ4n) is 14.6. The Hall–Kier alpha value is -12.5. The van der Waals surface area contributed by atoms with E-state index in [2.05, 4.69) is 211 Å². The Kier molecular flexibility index (Phi) is 26.7. The van der Waals surface area contributed by atoms with Gasteiger partial charge in [-0.05, 0) is 130 Å². The second-order valence-corrected chi connectivity index (χ2v) is 31.1. The molecule has 17 rings (SSSR count). The Morgan fingerprint density at radius 1 is 0.353 bits per heavy atom. The van der Waals surface area contributed by atoms with Crippen LogP contribution in [-0.2, 0) is 31.0 Å². The van der Waals surface area contributed by atoms with Gasteiger partial charge >= 0.3 is 0 Å². The van der Waals surface area contributed by atoms with Gasteiger partial charge in [-0.2, -0.15) is 61.2 Å². The van der Waals surface area contributed by atoms with E-state index in [-0.39, 0.29) is 12.5 Å². The number of fused-ring (bicyclic) bond motifs is 4. The predicted octanol–water partition coefficient (Wildman–Crippen LogP) is 13.6. The summed E-state index contributed by atoms with van der Waals surface area (Å²) < 4.78 is 23.2. The Bertz CT molecular complexity index is 5740. The number of carbonyl (C=O) groups excluding carboxylic acids is 1. The first-order chi connectivity index (χ1) is 57.9. The summed E-state index contributed by atoms with van der Waals surface area (Å²) in [6, 6.07) is 10.2. The Labute approximate surface area is 693 Å². The molecule has 1 saturated carbocycles. The lowest BCUT2D eigenvalue weighted by Crippen LogP contribution is -2.26. The van der Waals surface area contributed by atoms with Crippen molar-refractivity contribution in [1.29, 1.82) is 0 Å². The SMILES string of the molecule is CCC(CC)n1cc(-c2nc(-c3cnn(CC(=O)N(C)C)c3)cn3nccc23)cn1.CCC(CC)n1cc(-c2nc(-c3cnn(CCCN(C)C)c3)cn3nccc23)cn1.CCC(CC)n1cc(-c2nc(-c3cnn(CCN(C)C)c3)cn3nccc23)cn1.CCC(CC)n1cc(-c2nc(-c3cnn(CCNC4CC4)c3)cn3nccc23)cn1. The number of nitrogens with zero attached hydrogens (tertiary/aromatic N) is 31. The summed E-state index contributed by atoms with van der Waals surface area (Å²) >= 11 is 0. The maximum Gasteiger partial charge on any atom is 0.243 e. The van der Waals surface area contributed by atoms with Crippen molar-refractivity contribution in [2.24, 2.45) is 0 Å². The van der Waals surface area contributed by atoms with Crippen LogP contribution in [0.2, 0.25) is 0 Å². The van der Waals surface area contributed by atoms with E-state index >= 15 is 0 Å². The highest BCUT2D eigenvalue weighted by Crippen LogP contribution is 2.34. The number of carbonyl (C=O) groups is 1. The third-order valence-electron chi connectivity index (χ3n) is 22.0. The van der Waals surface area contributed by atoms with Gasteiger partial charge in [0.2, 0.25) is 5.91 Å². The first-order valence-corrected chi connectivity index (χ1v) is 41.8. The average Bonchev–Trinajstić information content (AvgIpc) is 1.67. The molecule has 0 aromatic carbocycles. The van der Waals surface area contributed by atoms with Crippen LogP contribution in [0.5, 0.6) is 0 Å². The highest BCUT2D eigenvalue weighted by Gasteiger charge is 2.24. The number of aryl methyl sites for hydroxylation is 1. The second kappa shape index (κ2) is 38.3. The molecule has 1 N–H and O–H groups in total. The molecule has 0 bridgehead atoms. The van der Waals surface area contributed by atoms with Gasteiger partial charge in [-0.1, -0.05) is 55.4 Å². The Morgan fingerprint density at radius 2 is 0.647 bits per heavy atom. The lowest BCUT2D eigenvalue weighted by molar-refractivity contribution is -0.129. The van der Waals surface area contributed by atoms with Crippen LogP contribution in [0.25, 0.3) is 112 Å². The molecular weight excluding hydrogens is 1500 g/mol. The third kappa shape index (κ3) is 19.7. The van der Waals surface area contributed by atoms with Crippen molar-refractivity contribution < 1.29 is 4.79 Å². The summed E-state index contributed by atoms with van der Waals surface area (Å²) in [5, 5.41) is 57.5. The zero-order valence-corrected chi connectivity index (χ0v) is 71.1. The molecule has 0 atom stereocenters. The molecule has 1 fully saturated rings. The van der Waals surface area contributed by atoms with Crippen molar-refractivity contribution in [1.82, 2.24) is 157 Å². The molecule has 0 unspecified atom stereocenters. The van der Waals surface area contributed by atoms with E-state index in [1.54, 1.807) is 48.5 Å². The number of aromatic nitrogens is 28. The first kappa shape index (κ1) is 83.0. The van der Waals surface area contributed by atoms with Crippen molar-refractivity contribution in [3.8, 4) is 90.1 Å². The molecule has 1 aliphatic carbocycles. The summed E-state index contributed by atoms with van der Waals surface area (Å²) in [4.78, 5) is 37.7. The highest BCUT2D eigenvalue weighted by atomic mass is 16.2. The smallest absolute Gasteiger partial charge is 0.243 e. The molecule has 622 valence electrons. The molecule has 1 amide bonds. The number of rotatable bonds is 33. The van der Waals surface area contributed by atoms with Gasteiger partial charge in [0.1, 0.15) is 6.54 Å². The van der Waals surface area contributed by atoms with E-state index in [0.29, 0.717) is 30.2 Å².